The first kappa shape index (κ1) is 25.6. The van der Waals surface area contributed by atoms with Gasteiger partial charge in [-0.15, -0.1) is 11.3 Å². The number of carbonyl (C=O) groups is 3. The third-order valence-corrected chi connectivity index (χ3v) is 7.32. The fraction of sp³-hybridized carbons (Fsp3) is 0.0833. The van der Waals surface area contributed by atoms with Crippen molar-refractivity contribution in [2.24, 2.45) is 0 Å². The molecule has 2 N–H and O–H groups in total. The maximum absolute atomic E-state index is 13.6. The standard InChI is InChI=1S/C24H15F3N2O4S3/c25-17-8-13(9-18(26)21(17)27)14-7-16(35-11-14)10-19-22(31)29(24(34)36-19)6-5-20(30)28-15-3-1-12(2-4-15)23(32)33/h1-4,7-11H,5-6H2,(H,28,30)(H,32,33)/b19-10-. The smallest absolute Gasteiger partial charge is 0.335 e. The second-order valence-electron chi connectivity index (χ2n) is 7.51. The molecule has 4 rings (SSSR count). The Bertz CT molecular complexity index is 1400. The number of anilines is 1. The number of hydrogen-bond donors (Lipinski definition) is 2. The van der Waals surface area contributed by atoms with Gasteiger partial charge in [0.1, 0.15) is 4.32 Å². The number of thiocarbonyl (C=S) groups is 1. The molecule has 1 aromatic heterocycles. The van der Waals surface area contributed by atoms with Crippen molar-refractivity contribution in [2.45, 2.75) is 6.42 Å². The first-order valence-electron chi connectivity index (χ1n) is 10.2. The summed E-state index contributed by atoms with van der Waals surface area (Å²) >= 11 is 7.58. The van der Waals surface area contributed by atoms with Crippen LogP contribution in [0.5, 0.6) is 0 Å². The molecule has 1 saturated heterocycles. The van der Waals surface area contributed by atoms with Gasteiger partial charge in [-0.3, -0.25) is 14.5 Å². The second kappa shape index (κ2) is 10.6. The summed E-state index contributed by atoms with van der Waals surface area (Å²) in [6.45, 7) is 0.0465. The number of halogens is 3. The highest BCUT2D eigenvalue weighted by Crippen LogP contribution is 2.35. The van der Waals surface area contributed by atoms with Crippen LogP contribution in [0.25, 0.3) is 17.2 Å². The Hall–Kier alpha value is -3.48. The highest BCUT2D eigenvalue weighted by atomic mass is 32.2. The molecule has 0 unspecified atom stereocenters. The minimum atomic E-state index is -1.54. The summed E-state index contributed by atoms with van der Waals surface area (Å²) in [6.07, 6.45) is 1.55. The number of hydrogen-bond acceptors (Lipinski definition) is 6. The largest absolute Gasteiger partial charge is 0.478 e. The van der Waals surface area contributed by atoms with Gasteiger partial charge in [0, 0.05) is 23.5 Å². The van der Waals surface area contributed by atoms with Crippen molar-refractivity contribution in [2.75, 3.05) is 11.9 Å². The van der Waals surface area contributed by atoms with Crippen LogP contribution in [0.15, 0.2) is 52.7 Å². The topological polar surface area (TPSA) is 86.7 Å². The van der Waals surface area contributed by atoms with Gasteiger partial charge >= 0.3 is 5.97 Å². The van der Waals surface area contributed by atoms with Crippen LogP contribution in [0.1, 0.15) is 21.7 Å². The Morgan fingerprint density at radius 3 is 2.36 bits per heavy atom. The van der Waals surface area contributed by atoms with Crippen molar-refractivity contribution in [3.05, 3.63) is 80.6 Å². The number of amides is 2. The molecule has 0 bridgehead atoms. The summed E-state index contributed by atoms with van der Waals surface area (Å²) in [5, 5.41) is 13.2. The van der Waals surface area contributed by atoms with E-state index in [-0.39, 0.29) is 40.2 Å². The average molecular weight is 549 g/mol. The van der Waals surface area contributed by atoms with Gasteiger partial charge in [0.05, 0.1) is 10.5 Å². The van der Waals surface area contributed by atoms with Crippen molar-refractivity contribution in [3.63, 3.8) is 0 Å². The van der Waals surface area contributed by atoms with Gasteiger partial charge in [-0.1, -0.05) is 24.0 Å². The molecular formula is C24H15F3N2O4S3. The number of nitrogens with zero attached hydrogens (tertiary/aromatic N) is 1. The molecule has 2 heterocycles. The van der Waals surface area contributed by atoms with E-state index in [2.05, 4.69) is 5.32 Å². The number of aromatic carboxylic acids is 1. The minimum absolute atomic E-state index is 0.0365. The molecule has 1 aliphatic rings. The molecule has 2 amide bonds. The molecule has 2 aromatic carbocycles. The monoisotopic (exact) mass is 548 g/mol. The number of thiophene rings is 1. The molecule has 3 aromatic rings. The normalized spacial score (nSPS) is 14.5. The Balaban J connectivity index is 1.39. The molecule has 1 fully saturated rings. The van der Waals surface area contributed by atoms with E-state index in [1.807, 2.05) is 0 Å². The maximum atomic E-state index is 13.6. The van der Waals surface area contributed by atoms with Crippen molar-refractivity contribution < 1.29 is 32.7 Å². The quantitative estimate of drug-likeness (QED) is 0.222. The van der Waals surface area contributed by atoms with Crippen LogP contribution in [0.2, 0.25) is 0 Å². The molecule has 36 heavy (non-hydrogen) atoms. The molecule has 0 aliphatic carbocycles. The van der Waals surface area contributed by atoms with Crippen LogP contribution >= 0.6 is 35.3 Å². The lowest BCUT2D eigenvalue weighted by atomic mass is 10.1. The van der Waals surface area contributed by atoms with E-state index in [0.717, 1.165) is 23.9 Å². The summed E-state index contributed by atoms with van der Waals surface area (Å²) < 4.78 is 40.6. The summed E-state index contributed by atoms with van der Waals surface area (Å²) in [4.78, 5) is 38.3. The van der Waals surface area contributed by atoms with Gasteiger partial charge in [0.25, 0.3) is 5.91 Å². The number of nitrogens with one attached hydrogen (secondary N) is 1. The molecule has 6 nitrogen and oxygen atoms in total. The van der Waals surface area contributed by atoms with E-state index in [1.165, 1.54) is 40.5 Å². The summed E-state index contributed by atoms with van der Waals surface area (Å²) in [6, 6.07) is 9.08. The van der Waals surface area contributed by atoms with Crippen LogP contribution < -0.4 is 5.32 Å². The lowest BCUT2D eigenvalue weighted by molar-refractivity contribution is -0.122. The van der Waals surface area contributed by atoms with Crippen LogP contribution in [-0.2, 0) is 9.59 Å². The SMILES string of the molecule is O=C(CCN1C(=O)/C(=C/c2cc(-c3cc(F)c(F)c(F)c3)cs2)SC1=S)Nc1ccc(C(=O)O)cc1. The van der Waals surface area contributed by atoms with Gasteiger partial charge in [0.15, 0.2) is 17.5 Å². The third kappa shape index (κ3) is 5.66. The Labute approximate surface area is 216 Å². The van der Waals surface area contributed by atoms with Crippen molar-refractivity contribution in [1.82, 2.24) is 4.90 Å². The molecule has 184 valence electrons. The van der Waals surface area contributed by atoms with Gasteiger partial charge in [0.2, 0.25) is 5.91 Å². The van der Waals surface area contributed by atoms with Crippen LogP contribution in [0.3, 0.4) is 0 Å². The minimum Gasteiger partial charge on any atom is -0.478 e. The van der Waals surface area contributed by atoms with Crippen molar-refractivity contribution >= 4 is 69.2 Å². The number of carboxylic acids is 1. The Kier molecular flexibility index (Phi) is 7.57. The van der Waals surface area contributed by atoms with Gasteiger partial charge in [-0.05, 0) is 65.0 Å². The van der Waals surface area contributed by atoms with Crippen molar-refractivity contribution in [3.8, 4) is 11.1 Å². The molecule has 0 spiro atoms. The molecular weight excluding hydrogens is 533 g/mol. The van der Waals surface area contributed by atoms with Gasteiger partial charge in [-0.25, -0.2) is 18.0 Å². The fourth-order valence-electron chi connectivity index (χ4n) is 3.26. The first-order valence-corrected chi connectivity index (χ1v) is 12.3. The predicted octanol–water partition coefficient (Wildman–Crippen LogP) is 5.76. The van der Waals surface area contributed by atoms with Gasteiger partial charge < -0.3 is 10.4 Å². The van der Waals surface area contributed by atoms with Crippen LogP contribution in [0, 0.1) is 17.5 Å². The molecule has 0 radical (unpaired) electrons. The fourth-order valence-corrected chi connectivity index (χ4v) is 5.48. The maximum Gasteiger partial charge on any atom is 0.335 e. The van der Waals surface area contributed by atoms with Gasteiger partial charge in [-0.2, -0.15) is 0 Å². The zero-order chi connectivity index (χ0) is 26.0. The number of carbonyl (C=O) groups excluding carboxylic acids is 2. The lowest BCUT2D eigenvalue weighted by Gasteiger charge is -2.14. The molecule has 12 heteroatoms. The summed E-state index contributed by atoms with van der Waals surface area (Å²) in [5.41, 5.74) is 1.14. The molecule has 0 saturated carbocycles. The number of rotatable bonds is 7. The lowest BCUT2D eigenvalue weighted by Crippen LogP contribution is -2.31. The summed E-state index contributed by atoms with van der Waals surface area (Å²) in [5.74, 6) is -5.95. The molecule has 1 aliphatic heterocycles. The predicted molar refractivity (Wildman–Crippen MR) is 136 cm³/mol. The zero-order valence-corrected chi connectivity index (χ0v) is 20.5. The number of carboxylic acid groups (broad SMARTS) is 1. The summed E-state index contributed by atoms with van der Waals surface area (Å²) in [7, 11) is 0. The second-order valence-corrected chi connectivity index (χ2v) is 10.1. The van der Waals surface area contributed by atoms with E-state index in [4.69, 9.17) is 17.3 Å². The zero-order valence-electron chi connectivity index (χ0n) is 18.1. The average Bonchev–Trinajstić information content (AvgIpc) is 3.40. The first-order chi connectivity index (χ1) is 17.1. The molecule has 0 atom stereocenters. The van der Waals surface area contributed by atoms with E-state index in [0.29, 0.717) is 21.0 Å². The van der Waals surface area contributed by atoms with Crippen LogP contribution in [-0.4, -0.2) is 38.7 Å². The Morgan fingerprint density at radius 1 is 1.06 bits per heavy atom. The third-order valence-electron chi connectivity index (χ3n) is 5.06. The van der Waals surface area contributed by atoms with E-state index in [1.54, 1.807) is 17.5 Å². The van der Waals surface area contributed by atoms with Crippen molar-refractivity contribution in [1.29, 1.82) is 0 Å². The van der Waals surface area contributed by atoms with E-state index in [9.17, 15) is 27.6 Å². The number of thioether (sulfide) groups is 1. The number of benzene rings is 2. The Morgan fingerprint density at radius 2 is 1.72 bits per heavy atom. The van der Waals surface area contributed by atoms with E-state index >= 15 is 0 Å². The highest BCUT2D eigenvalue weighted by Gasteiger charge is 2.32. The highest BCUT2D eigenvalue weighted by molar-refractivity contribution is 8.26. The van der Waals surface area contributed by atoms with Crippen LogP contribution in [0.4, 0.5) is 18.9 Å². The van der Waals surface area contributed by atoms with E-state index < -0.39 is 23.4 Å².